The summed E-state index contributed by atoms with van der Waals surface area (Å²) in [7, 11) is 0. The summed E-state index contributed by atoms with van der Waals surface area (Å²) in [6.45, 7) is 6.43. The first-order chi connectivity index (χ1) is 7.79. The molecule has 5 heteroatoms. The van der Waals surface area contributed by atoms with Gasteiger partial charge in [-0.3, -0.25) is 0 Å². The van der Waals surface area contributed by atoms with Crippen molar-refractivity contribution in [3.8, 4) is 0 Å². The monoisotopic (exact) mass is 226 g/mol. The van der Waals surface area contributed by atoms with E-state index >= 15 is 0 Å². The van der Waals surface area contributed by atoms with Gasteiger partial charge in [-0.15, -0.1) is 0 Å². The molecule has 0 atom stereocenters. The van der Waals surface area contributed by atoms with Gasteiger partial charge in [0, 0.05) is 13.1 Å². The molecule has 1 rings (SSSR count). The Balaban J connectivity index is 2.41. The van der Waals surface area contributed by atoms with Crippen molar-refractivity contribution >= 4 is 5.82 Å². The lowest BCUT2D eigenvalue weighted by molar-refractivity contribution is 0.595. The highest BCUT2D eigenvalue weighted by Crippen LogP contribution is 2.12. The van der Waals surface area contributed by atoms with Crippen molar-refractivity contribution in [2.24, 2.45) is 0 Å². The number of halogens is 1. The van der Waals surface area contributed by atoms with Crippen molar-refractivity contribution < 1.29 is 4.39 Å². The van der Waals surface area contributed by atoms with Crippen LogP contribution in [0.25, 0.3) is 0 Å². The molecule has 2 N–H and O–H groups in total. The Labute approximate surface area is 95.7 Å². The van der Waals surface area contributed by atoms with Crippen LogP contribution in [0.2, 0.25) is 0 Å². The van der Waals surface area contributed by atoms with E-state index < -0.39 is 0 Å². The number of nitrogens with zero attached hydrogens (tertiary/aromatic N) is 2. The van der Waals surface area contributed by atoms with Gasteiger partial charge in [0.05, 0.1) is 5.69 Å². The number of hydrogen-bond acceptors (Lipinski definition) is 4. The predicted molar refractivity (Wildman–Crippen MR) is 63.0 cm³/mol. The summed E-state index contributed by atoms with van der Waals surface area (Å²) < 4.78 is 13.6. The largest absolute Gasteiger partial charge is 0.366 e. The molecule has 0 saturated carbocycles. The van der Waals surface area contributed by atoms with E-state index in [1.54, 1.807) is 0 Å². The van der Waals surface area contributed by atoms with E-state index in [1.165, 1.54) is 6.33 Å². The maximum atomic E-state index is 13.6. The summed E-state index contributed by atoms with van der Waals surface area (Å²) in [5, 5.41) is 6.18. The molecule has 1 heterocycles. The summed E-state index contributed by atoms with van der Waals surface area (Å²) in [6.07, 6.45) is 3.07. The molecule has 1 aromatic heterocycles. The highest BCUT2D eigenvalue weighted by atomic mass is 19.1. The molecule has 1 aromatic rings. The molecule has 0 unspecified atom stereocenters. The molecule has 0 aromatic carbocycles. The van der Waals surface area contributed by atoms with Crippen molar-refractivity contribution in [3.05, 3.63) is 17.8 Å². The van der Waals surface area contributed by atoms with Crippen LogP contribution in [-0.4, -0.2) is 29.6 Å². The molecule has 0 aliphatic rings. The van der Waals surface area contributed by atoms with Crippen molar-refractivity contribution in [3.63, 3.8) is 0 Å². The lowest BCUT2D eigenvalue weighted by Crippen LogP contribution is -2.23. The molecular weight excluding hydrogens is 207 g/mol. The first-order valence-electron chi connectivity index (χ1n) is 5.73. The number of aryl methyl sites for hydroxylation is 1. The molecule has 0 amide bonds. The molecule has 4 nitrogen and oxygen atoms in total. The van der Waals surface area contributed by atoms with Crippen LogP contribution in [0.3, 0.4) is 0 Å². The van der Waals surface area contributed by atoms with Gasteiger partial charge < -0.3 is 10.6 Å². The SMILES string of the molecule is CCCNCCNc1ncnc(CC)c1F. The van der Waals surface area contributed by atoms with Crippen LogP contribution in [0.1, 0.15) is 26.0 Å². The fraction of sp³-hybridized carbons (Fsp3) is 0.636. The maximum absolute atomic E-state index is 13.6. The Hall–Kier alpha value is -1.23. The third kappa shape index (κ3) is 3.73. The van der Waals surface area contributed by atoms with E-state index in [-0.39, 0.29) is 5.82 Å². The van der Waals surface area contributed by atoms with Crippen LogP contribution >= 0.6 is 0 Å². The van der Waals surface area contributed by atoms with Crippen molar-refractivity contribution in [1.82, 2.24) is 15.3 Å². The lowest BCUT2D eigenvalue weighted by atomic mass is 10.3. The minimum absolute atomic E-state index is 0.296. The number of aromatic nitrogens is 2. The van der Waals surface area contributed by atoms with Gasteiger partial charge in [0.2, 0.25) is 0 Å². The Kier molecular flexibility index (Phi) is 5.71. The van der Waals surface area contributed by atoms with E-state index in [2.05, 4.69) is 27.5 Å². The fourth-order valence-electron chi connectivity index (χ4n) is 1.35. The standard InChI is InChI=1S/C11H19FN4/c1-3-5-13-6-7-14-11-10(12)9(4-2)15-8-16-11/h8,13H,3-7H2,1-2H3,(H,14,15,16). The predicted octanol–water partition coefficient (Wildman–Crippen LogP) is 1.59. The zero-order valence-corrected chi connectivity index (χ0v) is 9.89. The van der Waals surface area contributed by atoms with Crippen molar-refractivity contribution in [1.29, 1.82) is 0 Å². The van der Waals surface area contributed by atoms with Crippen molar-refractivity contribution in [2.45, 2.75) is 26.7 Å². The highest BCUT2D eigenvalue weighted by Gasteiger charge is 2.08. The number of anilines is 1. The first-order valence-corrected chi connectivity index (χ1v) is 5.73. The van der Waals surface area contributed by atoms with Gasteiger partial charge in [-0.25, -0.2) is 14.4 Å². The molecule has 0 radical (unpaired) electrons. The Bertz CT molecular complexity index is 317. The smallest absolute Gasteiger partial charge is 0.186 e. The van der Waals surface area contributed by atoms with Crippen molar-refractivity contribution in [2.75, 3.05) is 25.0 Å². The topological polar surface area (TPSA) is 49.8 Å². The number of nitrogens with one attached hydrogen (secondary N) is 2. The lowest BCUT2D eigenvalue weighted by Gasteiger charge is -2.08. The fourth-order valence-corrected chi connectivity index (χ4v) is 1.35. The molecule has 0 spiro atoms. The van der Waals surface area contributed by atoms with Gasteiger partial charge in [-0.05, 0) is 19.4 Å². The second-order valence-corrected chi connectivity index (χ2v) is 3.51. The minimum atomic E-state index is -0.333. The Morgan fingerprint density at radius 3 is 2.69 bits per heavy atom. The molecule has 0 aliphatic heterocycles. The number of rotatable bonds is 7. The molecule has 0 bridgehead atoms. The summed E-state index contributed by atoms with van der Waals surface area (Å²) in [4.78, 5) is 7.75. The summed E-state index contributed by atoms with van der Waals surface area (Å²) in [5.41, 5.74) is 0.457. The zero-order chi connectivity index (χ0) is 11.8. The molecule has 16 heavy (non-hydrogen) atoms. The van der Waals surface area contributed by atoms with Crippen LogP contribution in [0, 0.1) is 5.82 Å². The second kappa shape index (κ2) is 7.11. The van der Waals surface area contributed by atoms with E-state index in [0.29, 0.717) is 24.5 Å². The van der Waals surface area contributed by atoms with Gasteiger partial charge in [0.15, 0.2) is 11.6 Å². The van der Waals surface area contributed by atoms with Crippen LogP contribution < -0.4 is 10.6 Å². The molecular formula is C11H19FN4. The third-order valence-corrected chi connectivity index (χ3v) is 2.22. The van der Waals surface area contributed by atoms with Gasteiger partial charge in [-0.1, -0.05) is 13.8 Å². The van der Waals surface area contributed by atoms with Gasteiger partial charge in [0.25, 0.3) is 0 Å². The van der Waals surface area contributed by atoms with Gasteiger partial charge >= 0.3 is 0 Å². The quantitative estimate of drug-likeness (QED) is 0.693. The van der Waals surface area contributed by atoms with E-state index in [9.17, 15) is 4.39 Å². The summed E-state index contributed by atoms with van der Waals surface area (Å²) >= 11 is 0. The zero-order valence-electron chi connectivity index (χ0n) is 9.89. The minimum Gasteiger partial charge on any atom is -0.366 e. The molecule has 90 valence electrons. The highest BCUT2D eigenvalue weighted by molar-refractivity contribution is 5.37. The average Bonchev–Trinajstić information content (AvgIpc) is 2.31. The third-order valence-electron chi connectivity index (χ3n) is 2.22. The van der Waals surface area contributed by atoms with Crippen LogP contribution in [0.5, 0.6) is 0 Å². The summed E-state index contributed by atoms with van der Waals surface area (Å²) in [6, 6.07) is 0. The molecule has 0 fully saturated rings. The Morgan fingerprint density at radius 2 is 2.00 bits per heavy atom. The van der Waals surface area contributed by atoms with Crippen LogP contribution in [0.4, 0.5) is 10.2 Å². The van der Waals surface area contributed by atoms with Crippen LogP contribution in [-0.2, 0) is 6.42 Å². The molecule has 0 saturated heterocycles. The number of hydrogen-bond donors (Lipinski definition) is 2. The average molecular weight is 226 g/mol. The first kappa shape index (κ1) is 12.8. The second-order valence-electron chi connectivity index (χ2n) is 3.51. The Morgan fingerprint density at radius 1 is 1.19 bits per heavy atom. The van der Waals surface area contributed by atoms with E-state index in [4.69, 9.17) is 0 Å². The summed E-state index contributed by atoms with van der Waals surface area (Å²) in [5.74, 6) is -0.0364. The van der Waals surface area contributed by atoms with Gasteiger partial charge in [0.1, 0.15) is 6.33 Å². The van der Waals surface area contributed by atoms with E-state index in [0.717, 1.165) is 19.5 Å². The maximum Gasteiger partial charge on any atom is 0.186 e. The molecule has 0 aliphatic carbocycles. The van der Waals surface area contributed by atoms with Gasteiger partial charge in [-0.2, -0.15) is 0 Å². The van der Waals surface area contributed by atoms with Crippen LogP contribution in [0.15, 0.2) is 6.33 Å². The van der Waals surface area contributed by atoms with E-state index in [1.807, 2.05) is 6.92 Å². The normalized spacial score (nSPS) is 10.4.